The van der Waals surface area contributed by atoms with Crippen LogP contribution < -0.4 is 0 Å². The molecule has 160 valence electrons. The van der Waals surface area contributed by atoms with Gasteiger partial charge in [0.05, 0.1) is 17.4 Å². The SMILES string of the molecule is CCOC(=O)[C@@H]1CCCN(C(=O)c2ccc(S(=O)(=O)N3CCCCCC3)cc2)C1. The number of esters is 1. The Balaban J connectivity index is 1.69. The summed E-state index contributed by atoms with van der Waals surface area (Å²) >= 11 is 0. The number of carbonyl (C=O) groups excluding carboxylic acids is 2. The standard InChI is InChI=1S/C21H30N2O5S/c1-2-28-21(25)18-8-7-13-22(16-18)20(24)17-9-11-19(12-10-17)29(26,27)23-14-5-3-4-6-15-23/h9-12,18H,2-8,13-16H2,1H3/t18-/m1/s1. The predicted molar refractivity (Wildman–Crippen MR) is 109 cm³/mol. The fraction of sp³-hybridized carbons (Fsp3) is 0.619. The van der Waals surface area contributed by atoms with Crippen molar-refractivity contribution in [2.75, 3.05) is 32.8 Å². The highest BCUT2D eigenvalue weighted by Gasteiger charge is 2.30. The maximum Gasteiger partial charge on any atom is 0.310 e. The summed E-state index contributed by atoms with van der Waals surface area (Å²) in [6, 6.07) is 6.17. The number of rotatable bonds is 5. The van der Waals surface area contributed by atoms with Gasteiger partial charge in [0.25, 0.3) is 5.91 Å². The van der Waals surface area contributed by atoms with E-state index < -0.39 is 10.0 Å². The van der Waals surface area contributed by atoms with E-state index >= 15 is 0 Å². The first-order valence-corrected chi connectivity index (χ1v) is 11.9. The molecule has 2 fully saturated rings. The van der Waals surface area contributed by atoms with Crippen molar-refractivity contribution in [1.29, 1.82) is 0 Å². The molecule has 0 radical (unpaired) electrons. The molecule has 0 saturated carbocycles. The van der Waals surface area contributed by atoms with Gasteiger partial charge in [0, 0.05) is 31.7 Å². The van der Waals surface area contributed by atoms with Crippen molar-refractivity contribution < 1.29 is 22.7 Å². The molecule has 1 atom stereocenters. The zero-order valence-electron chi connectivity index (χ0n) is 17.0. The van der Waals surface area contributed by atoms with Crippen LogP contribution >= 0.6 is 0 Å². The van der Waals surface area contributed by atoms with Crippen LogP contribution in [0.25, 0.3) is 0 Å². The smallest absolute Gasteiger partial charge is 0.310 e. The van der Waals surface area contributed by atoms with Crippen LogP contribution in [0.3, 0.4) is 0 Å². The maximum atomic E-state index is 12.9. The van der Waals surface area contributed by atoms with Gasteiger partial charge in [-0.15, -0.1) is 0 Å². The molecule has 7 nitrogen and oxygen atoms in total. The van der Waals surface area contributed by atoms with Crippen LogP contribution in [0.4, 0.5) is 0 Å². The fourth-order valence-corrected chi connectivity index (χ4v) is 5.51. The van der Waals surface area contributed by atoms with Crippen LogP contribution in [0, 0.1) is 5.92 Å². The molecule has 2 aliphatic rings. The molecule has 1 aromatic carbocycles. The number of sulfonamides is 1. The van der Waals surface area contributed by atoms with E-state index in [2.05, 4.69) is 0 Å². The Morgan fingerprint density at radius 1 is 1.00 bits per heavy atom. The van der Waals surface area contributed by atoms with Crippen molar-refractivity contribution in [1.82, 2.24) is 9.21 Å². The number of nitrogens with zero attached hydrogens (tertiary/aromatic N) is 2. The van der Waals surface area contributed by atoms with Crippen LogP contribution in [0.5, 0.6) is 0 Å². The molecule has 1 aromatic rings. The summed E-state index contributed by atoms with van der Waals surface area (Å²) in [6.45, 7) is 4.12. The van der Waals surface area contributed by atoms with Gasteiger partial charge in [-0.3, -0.25) is 9.59 Å². The van der Waals surface area contributed by atoms with Gasteiger partial charge in [-0.2, -0.15) is 4.31 Å². The molecule has 0 N–H and O–H groups in total. The van der Waals surface area contributed by atoms with Gasteiger partial charge in [-0.05, 0) is 56.9 Å². The first-order valence-electron chi connectivity index (χ1n) is 10.5. The van der Waals surface area contributed by atoms with Gasteiger partial charge in [0.15, 0.2) is 0 Å². The van der Waals surface area contributed by atoms with Gasteiger partial charge >= 0.3 is 5.97 Å². The van der Waals surface area contributed by atoms with Gasteiger partial charge in [-0.1, -0.05) is 12.8 Å². The largest absolute Gasteiger partial charge is 0.466 e. The average Bonchev–Trinajstić information content (AvgIpc) is 3.04. The average molecular weight is 423 g/mol. The molecular weight excluding hydrogens is 392 g/mol. The lowest BCUT2D eigenvalue weighted by Gasteiger charge is -2.31. The van der Waals surface area contributed by atoms with E-state index in [1.54, 1.807) is 28.3 Å². The third kappa shape index (κ3) is 5.17. The second kappa shape index (κ2) is 9.71. The lowest BCUT2D eigenvalue weighted by Crippen LogP contribution is -2.42. The number of hydrogen-bond acceptors (Lipinski definition) is 5. The highest BCUT2D eigenvalue weighted by molar-refractivity contribution is 7.89. The second-order valence-electron chi connectivity index (χ2n) is 7.69. The Kier molecular flexibility index (Phi) is 7.29. The molecule has 3 rings (SSSR count). The Labute approximate surface area is 173 Å². The minimum Gasteiger partial charge on any atom is -0.466 e. The van der Waals surface area contributed by atoms with Gasteiger partial charge < -0.3 is 9.64 Å². The zero-order chi connectivity index (χ0) is 20.9. The lowest BCUT2D eigenvalue weighted by atomic mass is 9.97. The van der Waals surface area contributed by atoms with E-state index in [-0.39, 0.29) is 22.7 Å². The number of hydrogen-bond donors (Lipinski definition) is 0. The summed E-state index contributed by atoms with van der Waals surface area (Å²) < 4.78 is 32.4. The van der Waals surface area contributed by atoms with Crippen LogP contribution in [-0.4, -0.2) is 62.3 Å². The van der Waals surface area contributed by atoms with E-state index in [0.717, 1.165) is 38.5 Å². The third-order valence-electron chi connectivity index (χ3n) is 5.63. The quantitative estimate of drug-likeness (QED) is 0.681. The monoisotopic (exact) mass is 422 g/mol. The molecule has 0 aliphatic carbocycles. The summed E-state index contributed by atoms with van der Waals surface area (Å²) in [4.78, 5) is 26.7. The summed E-state index contributed by atoms with van der Waals surface area (Å²) in [7, 11) is -3.53. The van der Waals surface area contributed by atoms with E-state index in [1.165, 1.54) is 12.1 Å². The van der Waals surface area contributed by atoms with Crippen molar-refractivity contribution in [3.8, 4) is 0 Å². The first kappa shape index (κ1) is 21.8. The number of carbonyl (C=O) groups is 2. The molecule has 2 aliphatic heterocycles. The summed E-state index contributed by atoms with van der Waals surface area (Å²) in [5, 5.41) is 0. The highest BCUT2D eigenvalue weighted by Crippen LogP contribution is 2.23. The molecule has 8 heteroatoms. The van der Waals surface area contributed by atoms with Crippen LogP contribution in [0.1, 0.15) is 55.8 Å². The minimum atomic E-state index is -3.53. The normalized spacial score (nSPS) is 21.4. The number of likely N-dealkylation sites (tertiary alicyclic amines) is 1. The van der Waals surface area contributed by atoms with E-state index in [9.17, 15) is 18.0 Å². The number of piperidine rings is 1. The second-order valence-corrected chi connectivity index (χ2v) is 9.62. The topological polar surface area (TPSA) is 84.0 Å². The molecule has 0 bridgehead atoms. The predicted octanol–water partition coefficient (Wildman–Crippen LogP) is 2.67. The Bertz CT molecular complexity index is 814. The van der Waals surface area contributed by atoms with Crippen molar-refractivity contribution in [2.45, 2.75) is 50.3 Å². The molecule has 2 heterocycles. The van der Waals surface area contributed by atoms with E-state index in [1.807, 2.05) is 0 Å². The fourth-order valence-electron chi connectivity index (χ4n) is 4.00. The van der Waals surface area contributed by atoms with Crippen LogP contribution in [0.2, 0.25) is 0 Å². The van der Waals surface area contributed by atoms with Crippen molar-refractivity contribution >= 4 is 21.9 Å². The van der Waals surface area contributed by atoms with E-state index in [0.29, 0.717) is 38.3 Å². The van der Waals surface area contributed by atoms with Gasteiger partial charge in [0.1, 0.15) is 0 Å². The molecule has 0 spiro atoms. The molecule has 29 heavy (non-hydrogen) atoms. The number of ether oxygens (including phenoxy) is 1. The van der Waals surface area contributed by atoms with Gasteiger partial charge in [0.2, 0.25) is 10.0 Å². The Morgan fingerprint density at radius 2 is 1.66 bits per heavy atom. The highest BCUT2D eigenvalue weighted by atomic mass is 32.2. The molecule has 1 amide bonds. The minimum absolute atomic E-state index is 0.183. The lowest BCUT2D eigenvalue weighted by molar-refractivity contribution is -0.149. The molecule has 2 saturated heterocycles. The Morgan fingerprint density at radius 3 is 2.28 bits per heavy atom. The third-order valence-corrected chi connectivity index (χ3v) is 7.55. The van der Waals surface area contributed by atoms with Crippen LogP contribution in [-0.2, 0) is 19.6 Å². The summed E-state index contributed by atoms with van der Waals surface area (Å²) in [6.07, 6.45) is 5.34. The van der Waals surface area contributed by atoms with Crippen LogP contribution in [0.15, 0.2) is 29.2 Å². The molecule has 0 aromatic heterocycles. The van der Waals surface area contributed by atoms with E-state index in [4.69, 9.17) is 4.74 Å². The summed E-state index contributed by atoms with van der Waals surface area (Å²) in [5.74, 6) is -0.739. The maximum absolute atomic E-state index is 12.9. The van der Waals surface area contributed by atoms with Crippen molar-refractivity contribution in [2.24, 2.45) is 5.92 Å². The summed E-state index contributed by atoms with van der Waals surface area (Å²) in [5.41, 5.74) is 0.435. The number of benzene rings is 1. The molecule has 0 unspecified atom stereocenters. The zero-order valence-corrected chi connectivity index (χ0v) is 17.8. The van der Waals surface area contributed by atoms with Gasteiger partial charge in [-0.25, -0.2) is 8.42 Å². The van der Waals surface area contributed by atoms with Crippen molar-refractivity contribution in [3.05, 3.63) is 29.8 Å². The Hall–Kier alpha value is -1.93. The number of amides is 1. The molecular formula is C21H30N2O5S. The first-order chi connectivity index (χ1) is 13.9. The van der Waals surface area contributed by atoms with Crippen molar-refractivity contribution in [3.63, 3.8) is 0 Å².